The first-order valence-corrected chi connectivity index (χ1v) is 13.7. The number of benzene rings is 1. The zero-order valence-electron chi connectivity index (χ0n) is 22.7. The van der Waals surface area contributed by atoms with Crippen molar-refractivity contribution in [3.63, 3.8) is 0 Å². The highest BCUT2D eigenvalue weighted by Crippen LogP contribution is 2.16. The van der Waals surface area contributed by atoms with Crippen molar-refractivity contribution in [3.8, 4) is 0 Å². The van der Waals surface area contributed by atoms with Crippen LogP contribution in [0.3, 0.4) is 0 Å². The van der Waals surface area contributed by atoms with Gasteiger partial charge in [0.15, 0.2) is 5.13 Å². The number of amides is 3. The van der Waals surface area contributed by atoms with Gasteiger partial charge in [0.2, 0.25) is 11.8 Å². The van der Waals surface area contributed by atoms with Crippen LogP contribution < -0.4 is 10.6 Å². The Morgan fingerprint density at radius 1 is 1.08 bits per heavy atom. The maximum Gasteiger partial charge on any atom is 0.254 e. The Labute approximate surface area is 224 Å². The lowest BCUT2D eigenvalue weighted by molar-refractivity contribution is -0.121. The lowest BCUT2D eigenvalue weighted by Gasteiger charge is -2.21. The van der Waals surface area contributed by atoms with E-state index in [0.717, 1.165) is 38.0 Å². The third-order valence-electron chi connectivity index (χ3n) is 6.04. The molecular weight excluding hydrogens is 490 g/mol. The molecular formula is C27H41N5O4S. The molecule has 0 aliphatic rings. The van der Waals surface area contributed by atoms with Crippen LogP contribution >= 0.6 is 11.3 Å². The fourth-order valence-corrected chi connectivity index (χ4v) is 4.56. The van der Waals surface area contributed by atoms with Crippen LogP contribution in [-0.2, 0) is 20.7 Å². The summed E-state index contributed by atoms with van der Waals surface area (Å²) in [5, 5.41) is 7.94. The van der Waals surface area contributed by atoms with Gasteiger partial charge >= 0.3 is 0 Å². The predicted molar refractivity (Wildman–Crippen MR) is 148 cm³/mol. The standard InChI is InChI=1S/C27H41N5O4S/c1-6-31(7-2)14-8-9-21(4)28-24(33)17-23-19-37-27(29-23)30-25(34)18-32(15-16-36-5)26(35)22-12-10-20(3)11-13-22/h10-13,19,21H,6-9,14-18H2,1-5H3,(H,28,33)(H,29,30,34). The zero-order chi connectivity index (χ0) is 27.2. The summed E-state index contributed by atoms with van der Waals surface area (Å²) in [7, 11) is 1.55. The van der Waals surface area contributed by atoms with Gasteiger partial charge < -0.3 is 25.2 Å². The van der Waals surface area contributed by atoms with Crippen LogP contribution in [0.5, 0.6) is 0 Å². The van der Waals surface area contributed by atoms with Crippen LogP contribution in [0.15, 0.2) is 29.6 Å². The molecule has 1 aromatic heterocycles. The van der Waals surface area contributed by atoms with Gasteiger partial charge in [-0.1, -0.05) is 31.5 Å². The topological polar surface area (TPSA) is 104 Å². The molecule has 0 aliphatic carbocycles. The predicted octanol–water partition coefficient (Wildman–Crippen LogP) is 3.35. The van der Waals surface area contributed by atoms with Crippen molar-refractivity contribution in [2.75, 3.05) is 51.8 Å². The summed E-state index contributed by atoms with van der Waals surface area (Å²) in [5.41, 5.74) is 2.16. The van der Waals surface area contributed by atoms with E-state index < -0.39 is 0 Å². The van der Waals surface area contributed by atoms with E-state index in [2.05, 4.69) is 34.4 Å². The van der Waals surface area contributed by atoms with E-state index in [1.54, 1.807) is 24.6 Å². The fourth-order valence-electron chi connectivity index (χ4n) is 3.83. The van der Waals surface area contributed by atoms with E-state index in [4.69, 9.17) is 4.74 Å². The van der Waals surface area contributed by atoms with Gasteiger partial charge in [-0.05, 0) is 58.5 Å². The van der Waals surface area contributed by atoms with Crippen LogP contribution in [0.4, 0.5) is 5.13 Å². The molecule has 9 nitrogen and oxygen atoms in total. The van der Waals surface area contributed by atoms with E-state index in [0.29, 0.717) is 23.0 Å². The smallest absolute Gasteiger partial charge is 0.254 e. The molecule has 2 N–H and O–H groups in total. The minimum Gasteiger partial charge on any atom is -0.383 e. The van der Waals surface area contributed by atoms with Gasteiger partial charge in [-0.15, -0.1) is 11.3 Å². The van der Waals surface area contributed by atoms with Crippen LogP contribution in [0.2, 0.25) is 0 Å². The number of carbonyl (C=O) groups excluding carboxylic acids is 3. The summed E-state index contributed by atoms with van der Waals surface area (Å²) < 4.78 is 5.11. The molecule has 0 saturated heterocycles. The van der Waals surface area contributed by atoms with E-state index in [1.807, 2.05) is 26.0 Å². The normalized spacial score (nSPS) is 11.8. The number of nitrogens with one attached hydrogen (secondary N) is 2. The van der Waals surface area contributed by atoms with Crippen LogP contribution in [0.1, 0.15) is 55.2 Å². The summed E-state index contributed by atoms with van der Waals surface area (Å²) in [4.78, 5) is 46.2. The van der Waals surface area contributed by atoms with Crippen molar-refractivity contribution >= 4 is 34.2 Å². The van der Waals surface area contributed by atoms with Crippen LogP contribution in [-0.4, -0.2) is 85.0 Å². The minimum absolute atomic E-state index is 0.0880. The molecule has 1 unspecified atom stereocenters. The SMILES string of the molecule is CCN(CC)CCCC(C)NC(=O)Cc1csc(NC(=O)CN(CCOC)C(=O)c2ccc(C)cc2)n1. The number of ether oxygens (including phenoxy) is 1. The number of nitrogens with zero attached hydrogens (tertiary/aromatic N) is 3. The molecule has 37 heavy (non-hydrogen) atoms. The summed E-state index contributed by atoms with van der Waals surface area (Å²) in [6, 6.07) is 7.31. The summed E-state index contributed by atoms with van der Waals surface area (Å²) >= 11 is 1.26. The molecule has 204 valence electrons. The number of methoxy groups -OCH3 is 1. The quantitative estimate of drug-likeness (QED) is 0.344. The second-order valence-electron chi connectivity index (χ2n) is 9.09. The second kappa shape index (κ2) is 16.1. The maximum absolute atomic E-state index is 12.9. The number of hydrogen-bond donors (Lipinski definition) is 2. The zero-order valence-corrected chi connectivity index (χ0v) is 23.5. The minimum atomic E-state index is -0.358. The Balaban J connectivity index is 1.84. The maximum atomic E-state index is 12.9. The molecule has 2 aromatic rings. The molecule has 3 amide bonds. The highest BCUT2D eigenvalue weighted by molar-refractivity contribution is 7.13. The van der Waals surface area contributed by atoms with Crippen LogP contribution in [0, 0.1) is 6.92 Å². The summed E-state index contributed by atoms with van der Waals surface area (Å²) in [6.07, 6.45) is 2.10. The number of aryl methyl sites for hydroxylation is 1. The van der Waals surface area contributed by atoms with Gasteiger partial charge in [0, 0.05) is 30.6 Å². The van der Waals surface area contributed by atoms with Crippen molar-refractivity contribution in [1.29, 1.82) is 0 Å². The lowest BCUT2D eigenvalue weighted by atomic mass is 10.1. The Morgan fingerprint density at radius 3 is 2.43 bits per heavy atom. The number of rotatable bonds is 16. The average molecular weight is 532 g/mol. The van der Waals surface area contributed by atoms with E-state index in [9.17, 15) is 14.4 Å². The monoisotopic (exact) mass is 531 g/mol. The number of thiazole rings is 1. The molecule has 0 radical (unpaired) electrons. The Hall–Kier alpha value is -2.82. The van der Waals surface area contributed by atoms with Gasteiger partial charge in [-0.3, -0.25) is 14.4 Å². The van der Waals surface area contributed by atoms with Gasteiger partial charge in [-0.2, -0.15) is 0 Å². The molecule has 0 bridgehead atoms. The van der Waals surface area contributed by atoms with Crippen molar-refractivity contribution in [1.82, 2.24) is 20.1 Å². The Kier molecular flexibility index (Phi) is 13.2. The van der Waals surface area contributed by atoms with Gasteiger partial charge in [0.1, 0.15) is 6.54 Å². The molecule has 1 heterocycles. The van der Waals surface area contributed by atoms with E-state index in [1.165, 1.54) is 16.2 Å². The number of aromatic nitrogens is 1. The van der Waals surface area contributed by atoms with Gasteiger partial charge in [0.05, 0.1) is 18.7 Å². The number of hydrogen-bond acceptors (Lipinski definition) is 7. The molecule has 0 fully saturated rings. The first kappa shape index (κ1) is 30.4. The highest BCUT2D eigenvalue weighted by atomic mass is 32.1. The number of anilines is 1. The Morgan fingerprint density at radius 2 is 1.78 bits per heavy atom. The first-order valence-electron chi connectivity index (χ1n) is 12.9. The lowest BCUT2D eigenvalue weighted by Crippen LogP contribution is -2.40. The summed E-state index contributed by atoms with van der Waals surface area (Å²) in [6.45, 7) is 11.8. The number of carbonyl (C=O) groups is 3. The van der Waals surface area contributed by atoms with Gasteiger partial charge in [0.25, 0.3) is 5.91 Å². The third kappa shape index (κ3) is 11.0. The summed E-state index contributed by atoms with van der Waals surface area (Å²) in [5.74, 6) is -0.688. The molecule has 0 aliphatic heterocycles. The van der Waals surface area contributed by atoms with Crippen molar-refractivity contribution in [2.45, 2.75) is 53.0 Å². The van der Waals surface area contributed by atoms with E-state index >= 15 is 0 Å². The molecule has 1 atom stereocenters. The third-order valence-corrected chi connectivity index (χ3v) is 6.85. The Bertz CT molecular complexity index is 991. The molecule has 10 heteroatoms. The highest BCUT2D eigenvalue weighted by Gasteiger charge is 2.20. The van der Waals surface area contributed by atoms with Crippen LogP contribution in [0.25, 0.3) is 0 Å². The molecule has 0 saturated carbocycles. The second-order valence-corrected chi connectivity index (χ2v) is 9.95. The van der Waals surface area contributed by atoms with Crippen molar-refractivity contribution in [2.24, 2.45) is 0 Å². The largest absolute Gasteiger partial charge is 0.383 e. The van der Waals surface area contributed by atoms with Crippen molar-refractivity contribution in [3.05, 3.63) is 46.5 Å². The molecule has 0 spiro atoms. The fraction of sp³-hybridized carbons (Fsp3) is 0.556. The molecule has 2 rings (SSSR count). The average Bonchev–Trinajstić information content (AvgIpc) is 3.30. The van der Waals surface area contributed by atoms with Gasteiger partial charge in [-0.25, -0.2) is 4.98 Å². The van der Waals surface area contributed by atoms with E-state index in [-0.39, 0.29) is 43.3 Å². The van der Waals surface area contributed by atoms with Crippen molar-refractivity contribution < 1.29 is 19.1 Å². The molecule has 1 aromatic carbocycles. The first-order chi connectivity index (χ1) is 17.7.